The maximum atomic E-state index is 13.5. The van der Waals surface area contributed by atoms with Crippen molar-refractivity contribution in [1.82, 2.24) is 29.0 Å². The zero-order valence-electron chi connectivity index (χ0n) is 21.1. The van der Waals surface area contributed by atoms with Crippen LogP contribution in [0.15, 0.2) is 53.4 Å². The molecule has 0 bridgehead atoms. The van der Waals surface area contributed by atoms with Crippen LogP contribution in [0.2, 0.25) is 0 Å². The van der Waals surface area contributed by atoms with Gasteiger partial charge in [0.2, 0.25) is 10.0 Å². The molecule has 4 aromatic rings. The Hall–Kier alpha value is -3.12. The van der Waals surface area contributed by atoms with Gasteiger partial charge in [0.05, 0.1) is 22.6 Å². The summed E-state index contributed by atoms with van der Waals surface area (Å²) in [5, 5.41) is 4.69. The first-order valence-electron chi connectivity index (χ1n) is 12.3. The third-order valence-electron chi connectivity index (χ3n) is 6.52. The Morgan fingerprint density at radius 3 is 2.49 bits per heavy atom. The number of aromatic amines is 1. The molecule has 11 heteroatoms. The van der Waals surface area contributed by atoms with Gasteiger partial charge in [-0.1, -0.05) is 49.5 Å². The van der Waals surface area contributed by atoms with Gasteiger partial charge >= 0.3 is 0 Å². The van der Waals surface area contributed by atoms with E-state index in [1.54, 1.807) is 22.9 Å². The molecule has 0 unspecified atom stereocenters. The average Bonchev–Trinajstić information content (AvgIpc) is 3.24. The highest BCUT2D eigenvalue weighted by atomic mass is 32.2. The first kappa shape index (κ1) is 25.5. The van der Waals surface area contributed by atoms with Gasteiger partial charge in [0.15, 0.2) is 4.64 Å². The molecule has 1 saturated heterocycles. The van der Waals surface area contributed by atoms with Crippen LogP contribution in [0.4, 0.5) is 0 Å². The molecule has 37 heavy (non-hydrogen) atoms. The van der Waals surface area contributed by atoms with E-state index in [2.05, 4.69) is 14.9 Å². The van der Waals surface area contributed by atoms with Crippen molar-refractivity contribution in [2.75, 3.05) is 39.8 Å². The Labute approximate surface area is 221 Å². The SMILES string of the molecule is CCCOc1ccc(S(=O)(=O)N2CCN(C)CC2)cc1-c1nc(=S)c2c([nH]1)c(-c1ccccc1)nn2C. The van der Waals surface area contributed by atoms with Crippen molar-refractivity contribution in [1.29, 1.82) is 0 Å². The van der Waals surface area contributed by atoms with E-state index in [4.69, 9.17) is 22.1 Å². The molecule has 194 valence electrons. The summed E-state index contributed by atoms with van der Waals surface area (Å²) < 4.78 is 36.7. The molecule has 1 N–H and O–H groups in total. The standard InChI is InChI=1S/C26H30N6O3S2/c1-4-16-35-21-11-10-19(37(33,34)32-14-12-30(2)13-15-32)17-20(21)25-27-23-22(18-8-6-5-7-9-18)29-31(3)24(23)26(36)28-25/h5-11,17H,4,12-16H2,1-3H3,(H,27,28,36). The Morgan fingerprint density at radius 1 is 1.05 bits per heavy atom. The number of fused-ring (bicyclic) bond motifs is 1. The summed E-state index contributed by atoms with van der Waals surface area (Å²) in [5.74, 6) is 0.978. The van der Waals surface area contributed by atoms with Crippen LogP contribution in [0.3, 0.4) is 0 Å². The number of nitrogens with zero attached hydrogens (tertiary/aromatic N) is 5. The highest BCUT2D eigenvalue weighted by Gasteiger charge is 2.29. The summed E-state index contributed by atoms with van der Waals surface area (Å²) in [4.78, 5) is 10.4. The molecule has 0 aliphatic carbocycles. The lowest BCUT2D eigenvalue weighted by molar-refractivity contribution is 0.222. The fourth-order valence-electron chi connectivity index (χ4n) is 4.48. The summed E-state index contributed by atoms with van der Waals surface area (Å²) in [5.41, 5.74) is 3.65. The van der Waals surface area contributed by atoms with Gasteiger partial charge in [-0.05, 0) is 31.7 Å². The summed E-state index contributed by atoms with van der Waals surface area (Å²) >= 11 is 5.68. The lowest BCUT2D eigenvalue weighted by Crippen LogP contribution is -2.47. The summed E-state index contributed by atoms with van der Waals surface area (Å²) in [6, 6.07) is 14.8. The molecule has 3 heterocycles. The van der Waals surface area contributed by atoms with E-state index in [0.29, 0.717) is 60.1 Å². The number of benzene rings is 2. The predicted octanol–water partition coefficient (Wildman–Crippen LogP) is 4.08. The molecule has 2 aromatic heterocycles. The first-order chi connectivity index (χ1) is 17.8. The number of piperazine rings is 1. The molecule has 9 nitrogen and oxygen atoms in total. The second kappa shape index (κ2) is 10.3. The summed E-state index contributed by atoms with van der Waals surface area (Å²) in [6.07, 6.45) is 0.810. The molecule has 0 saturated carbocycles. The topological polar surface area (TPSA) is 96.3 Å². The van der Waals surface area contributed by atoms with Crippen LogP contribution in [0.25, 0.3) is 33.7 Å². The monoisotopic (exact) mass is 538 g/mol. The molecule has 0 spiro atoms. The van der Waals surface area contributed by atoms with Gasteiger partial charge in [0, 0.05) is 38.8 Å². The summed E-state index contributed by atoms with van der Waals surface area (Å²) in [7, 11) is 0.140. The highest BCUT2D eigenvalue weighted by Crippen LogP contribution is 2.34. The van der Waals surface area contributed by atoms with Crippen molar-refractivity contribution in [2.45, 2.75) is 18.2 Å². The van der Waals surface area contributed by atoms with E-state index in [1.165, 1.54) is 4.31 Å². The second-order valence-electron chi connectivity index (χ2n) is 9.17. The molecule has 1 aliphatic rings. The summed E-state index contributed by atoms with van der Waals surface area (Å²) in [6.45, 7) is 4.79. The van der Waals surface area contributed by atoms with Crippen LogP contribution in [-0.2, 0) is 17.1 Å². The average molecular weight is 539 g/mol. The van der Waals surface area contributed by atoms with Crippen LogP contribution in [-0.4, -0.2) is 77.2 Å². The maximum absolute atomic E-state index is 13.5. The molecular formula is C26H30N6O3S2. The number of H-pyrrole nitrogens is 1. The number of hydrogen-bond donors (Lipinski definition) is 1. The van der Waals surface area contributed by atoms with Gasteiger partial charge in [-0.15, -0.1) is 0 Å². The number of ether oxygens (including phenoxy) is 1. The molecule has 2 aromatic carbocycles. The molecule has 1 aliphatic heterocycles. The molecule has 5 rings (SSSR count). The van der Waals surface area contributed by atoms with Gasteiger partial charge in [0.1, 0.15) is 22.8 Å². The lowest BCUT2D eigenvalue weighted by atomic mass is 10.1. The largest absolute Gasteiger partial charge is 0.493 e. The zero-order valence-corrected chi connectivity index (χ0v) is 22.8. The molecule has 0 radical (unpaired) electrons. The minimum absolute atomic E-state index is 0.201. The van der Waals surface area contributed by atoms with Gasteiger partial charge < -0.3 is 14.6 Å². The highest BCUT2D eigenvalue weighted by molar-refractivity contribution is 7.89. The Balaban J connectivity index is 1.67. The second-order valence-corrected chi connectivity index (χ2v) is 11.5. The molecule has 0 amide bonds. The fourth-order valence-corrected chi connectivity index (χ4v) is 6.26. The van der Waals surface area contributed by atoms with Gasteiger partial charge in [-0.2, -0.15) is 9.40 Å². The number of rotatable bonds is 7. The quantitative estimate of drug-likeness (QED) is 0.354. The van der Waals surface area contributed by atoms with Crippen molar-refractivity contribution in [3.8, 4) is 28.4 Å². The van der Waals surface area contributed by atoms with E-state index in [0.717, 1.165) is 23.2 Å². The number of likely N-dealkylation sites (N-methyl/N-ethyl adjacent to an activating group) is 1. The maximum Gasteiger partial charge on any atom is 0.243 e. The van der Waals surface area contributed by atoms with Crippen LogP contribution >= 0.6 is 12.2 Å². The lowest BCUT2D eigenvalue weighted by Gasteiger charge is -2.31. The third kappa shape index (κ3) is 4.91. The van der Waals surface area contributed by atoms with E-state index >= 15 is 0 Å². The van der Waals surface area contributed by atoms with Crippen LogP contribution in [0, 0.1) is 4.64 Å². The molecule has 0 atom stereocenters. The zero-order chi connectivity index (χ0) is 26.2. The van der Waals surface area contributed by atoms with E-state index in [-0.39, 0.29) is 4.90 Å². The predicted molar refractivity (Wildman–Crippen MR) is 147 cm³/mol. The number of sulfonamides is 1. The van der Waals surface area contributed by atoms with Crippen molar-refractivity contribution in [2.24, 2.45) is 7.05 Å². The Morgan fingerprint density at radius 2 is 1.78 bits per heavy atom. The minimum Gasteiger partial charge on any atom is -0.493 e. The first-order valence-corrected chi connectivity index (χ1v) is 14.1. The minimum atomic E-state index is -3.69. The number of aryl methyl sites for hydroxylation is 1. The number of nitrogens with one attached hydrogen (secondary N) is 1. The van der Waals surface area contributed by atoms with Crippen molar-refractivity contribution >= 4 is 33.3 Å². The van der Waals surface area contributed by atoms with E-state index in [9.17, 15) is 8.42 Å². The normalized spacial score (nSPS) is 15.3. The molecular weight excluding hydrogens is 508 g/mol. The third-order valence-corrected chi connectivity index (χ3v) is 8.70. The van der Waals surface area contributed by atoms with Gasteiger partial charge in [-0.3, -0.25) is 4.68 Å². The number of hydrogen-bond acceptors (Lipinski definition) is 7. The van der Waals surface area contributed by atoms with Crippen LogP contribution in [0.1, 0.15) is 13.3 Å². The Kier molecular flexibility index (Phi) is 7.13. The van der Waals surface area contributed by atoms with Crippen LogP contribution in [0.5, 0.6) is 5.75 Å². The van der Waals surface area contributed by atoms with Gasteiger partial charge in [-0.25, -0.2) is 13.4 Å². The Bertz CT molecular complexity index is 1590. The number of aromatic nitrogens is 4. The van der Waals surface area contributed by atoms with Gasteiger partial charge in [0.25, 0.3) is 0 Å². The fraction of sp³-hybridized carbons (Fsp3) is 0.346. The van der Waals surface area contributed by atoms with E-state index < -0.39 is 10.0 Å². The van der Waals surface area contributed by atoms with E-state index in [1.807, 2.05) is 51.4 Å². The van der Waals surface area contributed by atoms with Crippen molar-refractivity contribution in [3.63, 3.8) is 0 Å². The molecule has 1 fully saturated rings. The smallest absolute Gasteiger partial charge is 0.243 e. The van der Waals surface area contributed by atoms with Crippen molar-refractivity contribution < 1.29 is 13.2 Å². The van der Waals surface area contributed by atoms with Crippen LogP contribution < -0.4 is 4.74 Å². The van der Waals surface area contributed by atoms with Crippen molar-refractivity contribution in [3.05, 3.63) is 53.2 Å².